The highest BCUT2D eigenvalue weighted by Gasteiger charge is 2.26. The molecule has 1 heterocycles. The van der Waals surface area contributed by atoms with E-state index in [1.807, 2.05) is 34.1 Å². The molecule has 3 amide bonds. The predicted octanol–water partition coefficient (Wildman–Crippen LogP) is 3.05. The van der Waals surface area contributed by atoms with Gasteiger partial charge in [0.05, 0.1) is 0 Å². The van der Waals surface area contributed by atoms with Gasteiger partial charge >= 0.3 is 6.03 Å². The van der Waals surface area contributed by atoms with E-state index >= 15 is 0 Å². The monoisotopic (exact) mass is 343 g/mol. The van der Waals surface area contributed by atoms with Gasteiger partial charge < -0.3 is 15.1 Å². The van der Waals surface area contributed by atoms with Gasteiger partial charge in [-0.25, -0.2) is 4.79 Å². The average molecular weight is 343 g/mol. The summed E-state index contributed by atoms with van der Waals surface area (Å²) in [6.07, 6.45) is 6.87. The van der Waals surface area contributed by atoms with Crippen molar-refractivity contribution in [1.29, 1.82) is 0 Å². The van der Waals surface area contributed by atoms with E-state index in [-0.39, 0.29) is 11.9 Å². The summed E-state index contributed by atoms with van der Waals surface area (Å²) >= 11 is 0. The number of benzene rings is 1. The second kappa shape index (κ2) is 8.37. The molecular weight excluding hydrogens is 314 g/mol. The molecule has 25 heavy (non-hydrogen) atoms. The molecule has 1 aliphatic carbocycles. The van der Waals surface area contributed by atoms with Crippen LogP contribution >= 0.6 is 0 Å². The van der Waals surface area contributed by atoms with Gasteiger partial charge in [-0.3, -0.25) is 4.79 Å². The van der Waals surface area contributed by atoms with E-state index in [1.54, 1.807) is 0 Å². The summed E-state index contributed by atoms with van der Waals surface area (Å²) in [6.45, 7) is 4.53. The summed E-state index contributed by atoms with van der Waals surface area (Å²) < 4.78 is 0. The van der Waals surface area contributed by atoms with Crippen LogP contribution in [0.1, 0.15) is 54.9 Å². The normalized spacial score (nSPS) is 18.9. The molecule has 0 bridgehead atoms. The quantitative estimate of drug-likeness (QED) is 0.917. The van der Waals surface area contributed by atoms with Crippen molar-refractivity contribution in [3.8, 4) is 0 Å². The van der Waals surface area contributed by atoms with E-state index in [2.05, 4.69) is 12.2 Å². The SMILES string of the molecule is CCc1ccc(C(=O)N2CCN(C(=O)NC3CCCCC3)CC2)cc1. The molecule has 2 aliphatic rings. The molecule has 1 saturated carbocycles. The molecule has 0 radical (unpaired) electrons. The van der Waals surface area contributed by atoms with Crippen LogP contribution in [0.25, 0.3) is 0 Å². The largest absolute Gasteiger partial charge is 0.335 e. The van der Waals surface area contributed by atoms with Crippen LogP contribution in [-0.2, 0) is 6.42 Å². The number of piperazine rings is 1. The minimum absolute atomic E-state index is 0.0336. The molecule has 1 aliphatic heterocycles. The zero-order chi connectivity index (χ0) is 17.6. The minimum Gasteiger partial charge on any atom is -0.335 e. The number of carbonyl (C=O) groups is 2. The molecule has 2 fully saturated rings. The smallest absolute Gasteiger partial charge is 0.317 e. The van der Waals surface area contributed by atoms with E-state index < -0.39 is 0 Å². The third-order valence-corrected chi connectivity index (χ3v) is 5.40. The van der Waals surface area contributed by atoms with E-state index in [0.29, 0.717) is 32.2 Å². The molecule has 1 aromatic rings. The predicted molar refractivity (Wildman–Crippen MR) is 98.7 cm³/mol. The maximum Gasteiger partial charge on any atom is 0.317 e. The number of nitrogens with one attached hydrogen (secondary N) is 1. The molecule has 1 aromatic carbocycles. The zero-order valence-electron chi connectivity index (χ0n) is 15.2. The second-order valence-electron chi connectivity index (χ2n) is 7.11. The van der Waals surface area contributed by atoms with E-state index in [1.165, 1.54) is 24.8 Å². The first kappa shape index (κ1) is 17.8. The van der Waals surface area contributed by atoms with Crippen LogP contribution in [0, 0.1) is 0 Å². The Kier molecular flexibility index (Phi) is 5.95. The second-order valence-corrected chi connectivity index (χ2v) is 7.11. The Labute approximate surface area is 150 Å². The fraction of sp³-hybridized carbons (Fsp3) is 0.600. The number of hydrogen-bond acceptors (Lipinski definition) is 2. The number of hydrogen-bond donors (Lipinski definition) is 1. The maximum atomic E-state index is 12.6. The van der Waals surface area contributed by atoms with Crippen molar-refractivity contribution in [3.63, 3.8) is 0 Å². The first-order chi connectivity index (χ1) is 12.2. The van der Waals surface area contributed by atoms with Crippen LogP contribution in [0.4, 0.5) is 4.79 Å². The van der Waals surface area contributed by atoms with Gasteiger partial charge in [-0.15, -0.1) is 0 Å². The lowest BCUT2D eigenvalue weighted by atomic mass is 9.96. The van der Waals surface area contributed by atoms with Gasteiger partial charge in [-0.05, 0) is 37.0 Å². The lowest BCUT2D eigenvalue weighted by molar-refractivity contribution is 0.0662. The van der Waals surface area contributed by atoms with Crippen molar-refractivity contribution in [1.82, 2.24) is 15.1 Å². The highest BCUT2D eigenvalue weighted by Crippen LogP contribution is 2.18. The van der Waals surface area contributed by atoms with E-state index in [4.69, 9.17) is 0 Å². The Morgan fingerprint density at radius 1 is 0.960 bits per heavy atom. The summed E-state index contributed by atoms with van der Waals surface area (Å²) in [5.41, 5.74) is 1.97. The number of aryl methyl sites for hydroxylation is 1. The van der Waals surface area contributed by atoms with Crippen LogP contribution < -0.4 is 5.32 Å². The van der Waals surface area contributed by atoms with Crippen LogP contribution in [0.5, 0.6) is 0 Å². The van der Waals surface area contributed by atoms with Crippen molar-refractivity contribution < 1.29 is 9.59 Å². The Hall–Kier alpha value is -2.04. The fourth-order valence-corrected chi connectivity index (χ4v) is 3.69. The maximum absolute atomic E-state index is 12.6. The van der Waals surface area contributed by atoms with Gasteiger partial charge in [0.15, 0.2) is 0 Å². The van der Waals surface area contributed by atoms with Crippen LogP contribution in [0.2, 0.25) is 0 Å². The Bertz CT molecular complexity index is 585. The van der Waals surface area contributed by atoms with Gasteiger partial charge in [-0.1, -0.05) is 38.3 Å². The number of nitrogens with zero attached hydrogens (tertiary/aromatic N) is 2. The van der Waals surface area contributed by atoms with Crippen molar-refractivity contribution in [2.75, 3.05) is 26.2 Å². The molecule has 0 aromatic heterocycles. The third-order valence-electron chi connectivity index (χ3n) is 5.40. The zero-order valence-corrected chi connectivity index (χ0v) is 15.2. The van der Waals surface area contributed by atoms with E-state index in [0.717, 1.165) is 24.8 Å². The summed E-state index contributed by atoms with van der Waals surface area (Å²) in [5, 5.41) is 3.16. The molecule has 1 saturated heterocycles. The standard InChI is InChI=1S/C20H29N3O2/c1-2-16-8-10-17(11-9-16)19(24)22-12-14-23(15-13-22)20(25)21-18-6-4-3-5-7-18/h8-11,18H,2-7,12-15H2,1H3,(H,21,25). The minimum atomic E-state index is 0.0336. The van der Waals surface area contributed by atoms with Crippen molar-refractivity contribution in [2.24, 2.45) is 0 Å². The molecule has 0 atom stereocenters. The van der Waals surface area contributed by atoms with Crippen molar-refractivity contribution in [2.45, 2.75) is 51.5 Å². The summed E-state index contributed by atoms with van der Waals surface area (Å²) in [6, 6.07) is 8.21. The Balaban J connectivity index is 1.48. The number of amides is 3. The van der Waals surface area contributed by atoms with Crippen LogP contribution in [0.15, 0.2) is 24.3 Å². The number of urea groups is 1. The fourth-order valence-electron chi connectivity index (χ4n) is 3.69. The van der Waals surface area contributed by atoms with Gasteiger partial charge in [0.2, 0.25) is 0 Å². The first-order valence-electron chi connectivity index (χ1n) is 9.61. The molecule has 1 N–H and O–H groups in total. The summed E-state index contributed by atoms with van der Waals surface area (Å²) in [7, 11) is 0. The van der Waals surface area contributed by atoms with Gasteiger partial charge in [0.25, 0.3) is 5.91 Å². The van der Waals surface area contributed by atoms with Crippen molar-refractivity contribution >= 4 is 11.9 Å². The van der Waals surface area contributed by atoms with Crippen LogP contribution in [-0.4, -0.2) is 54.0 Å². The Morgan fingerprint density at radius 2 is 1.56 bits per heavy atom. The van der Waals surface area contributed by atoms with Gasteiger partial charge in [0.1, 0.15) is 0 Å². The third kappa shape index (κ3) is 4.53. The molecule has 3 rings (SSSR count). The lowest BCUT2D eigenvalue weighted by Gasteiger charge is -2.36. The molecular formula is C20H29N3O2. The van der Waals surface area contributed by atoms with Crippen molar-refractivity contribution in [3.05, 3.63) is 35.4 Å². The number of carbonyl (C=O) groups excluding carboxylic acids is 2. The highest BCUT2D eigenvalue weighted by atomic mass is 16.2. The van der Waals surface area contributed by atoms with E-state index in [9.17, 15) is 9.59 Å². The molecule has 5 nitrogen and oxygen atoms in total. The molecule has 136 valence electrons. The topological polar surface area (TPSA) is 52.7 Å². The number of rotatable bonds is 3. The van der Waals surface area contributed by atoms with Gasteiger partial charge in [-0.2, -0.15) is 0 Å². The highest BCUT2D eigenvalue weighted by molar-refractivity contribution is 5.94. The molecule has 0 unspecified atom stereocenters. The first-order valence-corrected chi connectivity index (χ1v) is 9.61. The molecule has 0 spiro atoms. The molecule has 5 heteroatoms. The van der Waals surface area contributed by atoms with Gasteiger partial charge in [0, 0.05) is 37.8 Å². The summed E-state index contributed by atoms with van der Waals surface area (Å²) in [5.74, 6) is 0.0648. The Morgan fingerprint density at radius 3 is 2.16 bits per heavy atom. The van der Waals surface area contributed by atoms with Crippen LogP contribution in [0.3, 0.4) is 0 Å². The lowest BCUT2D eigenvalue weighted by Crippen LogP contribution is -2.54. The summed E-state index contributed by atoms with van der Waals surface area (Å²) in [4.78, 5) is 28.7. The average Bonchev–Trinajstić information content (AvgIpc) is 2.68.